The smallest absolute Gasteiger partial charge is 0.283 e. The Hall–Kier alpha value is -2.98. The van der Waals surface area contributed by atoms with E-state index in [4.69, 9.17) is 4.42 Å². The Labute approximate surface area is 178 Å². The van der Waals surface area contributed by atoms with Crippen molar-refractivity contribution < 1.29 is 17.6 Å². The Bertz CT molecular complexity index is 1200. The molecule has 1 aromatic carbocycles. The fraction of sp³-hybridized carbons (Fsp3) is 0.250. The summed E-state index contributed by atoms with van der Waals surface area (Å²) < 4.78 is 34.6. The second kappa shape index (κ2) is 8.04. The van der Waals surface area contributed by atoms with E-state index in [0.29, 0.717) is 29.6 Å². The standard InChI is InChI=1S/C20H20N4O4S2/c1-13-18(22-20(28-13)16-5-4-12-29-16)19(25)21-14-7-9-15(10-8-14)30(26,27)23-17-6-3-11-24(17)2/h4-5,7-10,12H,3,6,11H2,1-2H3,(H,21,25)/b23-17+. The third-order valence-corrected chi connectivity index (χ3v) is 6.89. The van der Waals surface area contributed by atoms with Crippen molar-refractivity contribution in [3.05, 3.63) is 53.2 Å². The zero-order valence-electron chi connectivity index (χ0n) is 16.5. The maximum atomic E-state index is 12.6. The van der Waals surface area contributed by atoms with Gasteiger partial charge in [-0.15, -0.1) is 15.7 Å². The lowest BCUT2D eigenvalue weighted by molar-refractivity contribution is 0.102. The molecule has 3 heterocycles. The number of benzene rings is 1. The SMILES string of the molecule is Cc1oc(-c2cccs2)nc1C(=O)Nc1ccc(S(=O)(=O)/N=C2\CCCN2C)cc1. The molecule has 3 aromatic rings. The molecular weight excluding hydrogens is 424 g/mol. The lowest BCUT2D eigenvalue weighted by Crippen LogP contribution is -2.20. The van der Waals surface area contributed by atoms with E-state index in [2.05, 4.69) is 14.7 Å². The van der Waals surface area contributed by atoms with Gasteiger partial charge in [-0.05, 0) is 49.1 Å². The number of rotatable bonds is 5. The van der Waals surface area contributed by atoms with Crippen LogP contribution < -0.4 is 5.32 Å². The first kappa shape index (κ1) is 20.3. The molecule has 0 aliphatic carbocycles. The van der Waals surface area contributed by atoms with Gasteiger partial charge in [0.1, 0.15) is 11.6 Å². The Balaban J connectivity index is 1.49. The number of sulfonamides is 1. The molecule has 0 bridgehead atoms. The third kappa shape index (κ3) is 4.14. The number of nitrogens with zero attached hydrogens (tertiary/aromatic N) is 3. The Kier molecular flexibility index (Phi) is 5.44. The molecule has 1 saturated heterocycles. The van der Waals surface area contributed by atoms with E-state index in [1.165, 1.54) is 35.6 Å². The second-order valence-electron chi connectivity index (χ2n) is 6.89. The van der Waals surface area contributed by atoms with Gasteiger partial charge >= 0.3 is 0 Å². The van der Waals surface area contributed by atoms with Crippen molar-refractivity contribution >= 4 is 38.8 Å². The minimum atomic E-state index is -3.80. The molecule has 8 nitrogen and oxygen atoms in total. The van der Waals surface area contributed by atoms with Crippen LogP contribution in [-0.2, 0) is 10.0 Å². The lowest BCUT2D eigenvalue weighted by Gasteiger charge is -2.11. The van der Waals surface area contributed by atoms with E-state index < -0.39 is 15.9 Å². The van der Waals surface area contributed by atoms with Crippen LogP contribution in [0.15, 0.2) is 55.5 Å². The first-order valence-corrected chi connectivity index (χ1v) is 11.6. The van der Waals surface area contributed by atoms with Crippen LogP contribution in [0.2, 0.25) is 0 Å². The monoisotopic (exact) mass is 444 g/mol. The van der Waals surface area contributed by atoms with E-state index in [9.17, 15) is 13.2 Å². The Morgan fingerprint density at radius 1 is 1.27 bits per heavy atom. The Morgan fingerprint density at radius 3 is 2.67 bits per heavy atom. The van der Waals surface area contributed by atoms with Crippen LogP contribution in [0.5, 0.6) is 0 Å². The van der Waals surface area contributed by atoms with Crippen molar-refractivity contribution in [1.29, 1.82) is 0 Å². The molecule has 1 aliphatic rings. The van der Waals surface area contributed by atoms with Gasteiger partial charge in [0.05, 0.1) is 9.77 Å². The van der Waals surface area contributed by atoms with E-state index in [1.807, 2.05) is 29.5 Å². The summed E-state index contributed by atoms with van der Waals surface area (Å²) in [5.41, 5.74) is 0.635. The summed E-state index contributed by atoms with van der Waals surface area (Å²) in [7, 11) is -1.97. The molecular formula is C20H20N4O4S2. The van der Waals surface area contributed by atoms with Gasteiger partial charge in [0.2, 0.25) is 5.89 Å². The van der Waals surface area contributed by atoms with Crippen LogP contribution in [0.3, 0.4) is 0 Å². The largest absolute Gasteiger partial charge is 0.440 e. The highest BCUT2D eigenvalue weighted by molar-refractivity contribution is 7.90. The van der Waals surface area contributed by atoms with E-state index >= 15 is 0 Å². The predicted molar refractivity (Wildman–Crippen MR) is 115 cm³/mol. The normalized spacial score (nSPS) is 15.7. The molecule has 0 saturated carbocycles. The molecule has 1 amide bonds. The van der Waals surface area contributed by atoms with E-state index in [0.717, 1.165) is 17.8 Å². The molecule has 2 aromatic heterocycles. The Morgan fingerprint density at radius 2 is 2.03 bits per heavy atom. The zero-order valence-corrected chi connectivity index (χ0v) is 18.1. The predicted octanol–water partition coefficient (Wildman–Crippen LogP) is 3.78. The van der Waals surface area contributed by atoms with Gasteiger partial charge in [-0.1, -0.05) is 6.07 Å². The van der Waals surface area contributed by atoms with Gasteiger partial charge in [0, 0.05) is 25.7 Å². The molecule has 1 N–H and O–H groups in total. The van der Waals surface area contributed by atoms with Crippen LogP contribution in [0.1, 0.15) is 29.1 Å². The van der Waals surface area contributed by atoms with Crippen LogP contribution in [0.25, 0.3) is 10.8 Å². The number of thiophene rings is 1. The molecule has 30 heavy (non-hydrogen) atoms. The van der Waals surface area contributed by atoms with E-state index in [1.54, 1.807) is 6.92 Å². The maximum Gasteiger partial charge on any atom is 0.283 e. The van der Waals surface area contributed by atoms with Crippen molar-refractivity contribution in [2.24, 2.45) is 4.40 Å². The van der Waals surface area contributed by atoms with Crippen molar-refractivity contribution in [1.82, 2.24) is 9.88 Å². The minimum absolute atomic E-state index is 0.0749. The molecule has 0 unspecified atom stereocenters. The third-order valence-electron chi connectivity index (χ3n) is 4.71. The molecule has 1 aliphatic heterocycles. The molecule has 0 atom stereocenters. The number of carbonyl (C=O) groups is 1. The molecule has 10 heteroatoms. The quantitative estimate of drug-likeness (QED) is 0.642. The number of aryl methyl sites for hydroxylation is 1. The van der Waals surface area contributed by atoms with Gasteiger partial charge in [-0.25, -0.2) is 4.98 Å². The number of carbonyl (C=O) groups excluding carboxylic acids is 1. The van der Waals surface area contributed by atoms with Crippen LogP contribution in [0.4, 0.5) is 5.69 Å². The second-order valence-corrected chi connectivity index (χ2v) is 9.44. The van der Waals surface area contributed by atoms with Crippen molar-refractivity contribution in [3.8, 4) is 10.8 Å². The molecule has 0 radical (unpaired) electrons. The van der Waals surface area contributed by atoms with E-state index in [-0.39, 0.29) is 10.6 Å². The highest BCUT2D eigenvalue weighted by Crippen LogP contribution is 2.26. The number of hydrogen-bond acceptors (Lipinski definition) is 6. The summed E-state index contributed by atoms with van der Waals surface area (Å²) in [5.74, 6) is 0.939. The summed E-state index contributed by atoms with van der Waals surface area (Å²) in [6, 6.07) is 9.65. The maximum absolute atomic E-state index is 12.6. The number of likely N-dealkylation sites (tertiary alicyclic amines) is 1. The lowest BCUT2D eigenvalue weighted by atomic mass is 10.3. The zero-order chi connectivity index (χ0) is 21.3. The minimum Gasteiger partial charge on any atom is -0.440 e. The number of nitrogens with one attached hydrogen (secondary N) is 1. The topological polar surface area (TPSA) is 105 Å². The van der Waals surface area contributed by atoms with Gasteiger partial charge < -0.3 is 14.6 Å². The number of aromatic nitrogens is 1. The number of hydrogen-bond donors (Lipinski definition) is 1. The van der Waals surface area contributed by atoms with Crippen LogP contribution >= 0.6 is 11.3 Å². The van der Waals surface area contributed by atoms with Crippen LogP contribution in [0, 0.1) is 6.92 Å². The summed E-state index contributed by atoms with van der Waals surface area (Å²) >= 11 is 1.47. The van der Waals surface area contributed by atoms with Gasteiger partial charge in [0.15, 0.2) is 5.69 Å². The van der Waals surface area contributed by atoms with Crippen molar-refractivity contribution in [2.75, 3.05) is 18.9 Å². The van der Waals surface area contributed by atoms with Gasteiger partial charge in [-0.2, -0.15) is 8.42 Å². The average Bonchev–Trinajstić information content (AvgIpc) is 3.44. The molecule has 0 spiro atoms. The summed E-state index contributed by atoms with van der Waals surface area (Å²) in [6.45, 7) is 2.48. The molecule has 1 fully saturated rings. The van der Waals surface area contributed by atoms with Gasteiger partial charge in [0.25, 0.3) is 15.9 Å². The number of amides is 1. The van der Waals surface area contributed by atoms with Crippen molar-refractivity contribution in [3.63, 3.8) is 0 Å². The van der Waals surface area contributed by atoms with Crippen molar-refractivity contribution in [2.45, 2.75) is 24.7 Å². The highest BCUT2D eigenvalue weighted by Gasteiger charge is 2.21. The number of oxazole rings is 1. The first-order chi connectivity index (χ1) is 14.3. The van der Waals surface area contributed by atoms with Crippen LogP contribution in [-0.4, -0.2) is 43.6 Å². The number of anilines is 1. The summed E-state index contributed by atoms with van der Waals surface area (Å²) in [5, 5.41) is 4.62. The average molecular weight is 445 g/mol. The first-order valence-electron chi connectivity index (χ1n) is 9.31. The summed E-state index contributed by atoms with van der Waals surface area (Å²) in [6.07, 6.45) is 1.54. The fourth-order valence-corrected chi connectivity index (χ4v) is 4.86. The number of amidine groups is 1. The summed E-state index contributed by atoms with van der Waals surface area (Å²) in [4.78, 5) is 19.6. The van der Waals surface area contributed by atoms with Gasteiger partial charge in [-0.3, -0.25) is 4.79 Å². The molecule has 4 rings (SSSR count). The highest BCUT2D eigenvalue weighted by atomic mass is 32.2. The fourth-order valence-electron chi connectivity index (χ4n) is 3.11. The molecule has 156 valence electrons.